The molecular formula is C16H23NO2. The molecule has 1 heterocycles. The van der Waals surface area contributed by atoms with Gasteiger partial charge in [-0.1, -0.05) is 27.2 Å². The summed E-state index contributed by atoms with van der Waals surface area (Å²) in [5, 5.41) is 0. The molecule has 3 unspecified atom stereocenters. The van der Waals surface area contributed by atoms with Crippen LogP contribution in [0.3, 0.4) is 0 Å². The molecule has 3 nitrogen and oxygen atoms in total. The van der Waals surface area contributed by atoms with Crippen LogP contribution in [0.5, 0.6) is 0 Å². The zero-order valence-electron chi connectivity index (χ0n) is 12.0. The van der Waals surface area contributed by atoms with Gasteiger partial charge in [0.05, 0.1) is 5.56 Å². The molecule has 0 aliphatic heterocycles. The van der Waals surface area contributed by atoms with Crippen LogP contribution in [0.4, 0.5) is 0 Å². The second kappa shape index (κ2) is 6.18. The van der Waals surface area contributed by atoms with Crippen LogP contribution in [0.25, 0.3) is 0 Å². The molecule has 0 saturated heterocycles. The number of hydrogen-bond acceptors (Lipinski definition) is 3. The van der Waals surface area contributed by atoms with Crippen molar-refractivity contribution in [1.29, 1.82) is 0 Å². The second-order valence-corrected chi connectivity index (χ2v) is 6.01. The lowest BCUT2D eigenvalue weighted by atomic mass is 9.75. The zero-order chi connectivity index (χ0) is 13.8. The minimum Gasteiger partial charge on any atom is -0.458 e. The Labute approximate surface area is 115 Å². The van der Waals surface area contributed by atoms with Crippen molar-refractivity contribution in [1.82, 2.24) is 4.98 Å². The maximum atomic E-state index is 12.1. The molecular weight excluding hydrogens is 238 g/mol. The number of ether oxygens (including phenoxy) is 1. The van der Waals surface area contributed by atoms with Crippen molar-refractivity contribution in [2.75, 3.05) is 0 Å². The number of carbonyl (C=O) groups is 1. The number of hydrogen-bond donors (Lipinski definition) is 0. The van der Waals surface area contributed by atoms with Gasteiger partial charge in [-0.15, -0.1) is 0 Å². The number of aromatic nitrogens is 1. The molecule has 1 saturated carbocycles. The first-order valence-electron chi connectivity index (χ1n) is 7.19. The summed E-state index contributed by atoms with van der Waals surface area (Å²) in [4.78, 5) is 16.1. The Morgan fingerprint density at radius 3 is 2.63 bits per heavy atom. The molecule has 1 aromatic heterocycles. The topological polar surface area (TPSA) is 39.2 Å². The molecule has 1 aliphatic carbocycles. The lowest BCUT2D eigenvalue weighted by Crippen LogP contribution is -2.35. The SMILES string of the molecule is CC1CCC(C(C)C)C(OC(=O)c2ccncc2)C1. The third-order valence-corrected chi connectivity index (χ3v) is 4.14. The van der Waals surface area contributed by atoms with Gasteiger partial charge in [0, 0.05) is 12.4 Å². The third kappa shape index (κ3) is 3.55. The summed E-state index contributed by atoms with van der Waals surface area (Å²) >= 11 is 0. The van der Waals surface area contributed by atoms with Crippen LogP contribution in [-0.2, 0) is 4.74 Å². The molecule has 0 N–H and O–H groups in total. The van der Waals surface area contributed by atoms with Gasteiger partial charge in [-0.3, -0.25) is 4.98 Å². The van der Waals surface area contributed by atoms with Crippen molar-refractivity contribution in [2.24, 2.45) is 17.8 Å². The Morgan fingerprint density at radius 2 is 2.00 bits per heavy atom. The first-order valence-corrected chi connectivity index (χ1v) is 7.19. The molecule has 3 atom stereocenters. The van der Waals surface area contributed by atoms with E-state index in [-0.39, 0.29) is 12.1 Å². The van der Waals surface area contributed by atoms with E-state index in [9.17, 15) is 4.79 Å². The van der Waals surface area contributed by atoms with Crippen LogP contribution in [0.2, 0.25) is 0 Å². The molecule has 1 aliphatic rings. The summed E-state index contributed by atoms with van der Waals surface area (Å²) < 4.78 is 5.76. The highest BCUT2D eigenvalue weighted by Crippen LogP contribution is 2.35. The Balaban J connectivity index is 2.04. The van der Waals surface area contributed by atoms with Gasteiger partial charge in [0.15, 0.2) is 0 Å². The van der Waals surface area contributed by atoms with Crippen molar-refractivity contribution in [3.05, 3.63) is 30.1 Å². The predicted octanol–water partition coefficient (Wildman–Crippen LogP) is 3.70. The van der Waals surface area contributed by atoms with Crippen LogP contribution < -0.4 is 0 Å². The standard InChI is InChI=1S/C16H23NO2/c1-11(2)14-5-4-12(3)10-15(14)19-16(18)13-6-8-17-9-7-13/h6-9,11-12,14-15H,4-5,10H2,1-3H3. The molecule has 1 aromatic rings. The average Bonchev–Trinajstić information content (AvgIpc) is 2.39. The highest BCUT2D eigenvalue weighted by Gasteiger charge is 2.33. The largest absolute Gasteiger partial charge is 0.458 e. The fourth-order valence-corrected chi connectivity index (χ4v) is 2.94. The van der Waals surface area contributed by atoms with Crippen LogP contribution >= 0.6 is 0 Å². The van der Waals surface area contributed by atoms with Gasteiger partial charge in [-0.2, -0.15) is 0 Å². The molecule has 1 fully saturated rings. The monoisotopic (exact) mass is 261 g/mol. The van der Waals surface area contributed by atoms with E-state index in [1.165, 1.54) is 6.42 Å². The maximum absolute atomic E-state index is 12.1. The van der Waals surface area contributed by atoms with E-state index in [0.717, 1.165) is 12.8 Å². The molecule has 0 bridgehead atoms. The quantitative estimate of drug-likeness (QED) is 0.779. The normalized spacial score (nSPS) is 27.3. The van der Waals surface area contributed by atoms with E-state index >= 15 is 0 Å². The van der Waals surface area contributed by atoms with Crippen molar-refractivity contribution in [2.45, 2.75) is 46.1 Å². The summed E-state index contributed by atoms with van der Waals surface area (Å²) in [5.41, 5.74) is 0.593. The van der Waals surface area contributed by atoms with E-state index in [0.29, 0.717) is 23.3 Å². The Morgan fingerprint density at radius 1 is 1.32 bits per heavy atom. The van der Waals surface area contributed by atoms with E-state index < -0.39 is 0 Å². The number of nitrogens with zero attached hydrogens (tertiary/aromatic N) is 1. The van der Waals surface area contributed by atoms with Crippen LogP contribution in [-0.4, -0.2) is 17.1 Å². The number of esters is 1. The highest BCUT2D eigenvalue weighted by molar-refractivity contribution is 5.89. The molecule has 2 rings (SSSR count). The van der Waals surface area contributed by atoms with Crippen LogP contribution in [0.15, 0.2) is 24.5 Å². The molecule has 0 amide bonds. The van der Waals surface area contributed by atoms with Crippen molar-refractivity contribution < 1.29 is 9.53 Å². The number of rotatable bonds is 3. The number of pyridine rings is 1. The van der Waals surface area contributed by atoms with Gasteiger partial charge < -0.3 is 4.74 Å². The first kappa shape index (κ1) is 14.0. The first-order chi connectivity index (χ1) is 9.08. The molecule has 0 aromatic carbocycles. The minimum atomic E-state index is -0.216. The van der Waals surface area contributed by atoms with E-state index in [4.69, 9.17) is 4.74 Å². The summed E-state index contributed by atoms with van der Waals surface area (Å²) in [5.74, 6) is 1.47. The smallest absolute Gasteiger partial charge is 0.338 e. The maximum Gasteiger partial charge on any atom is 0.338 e. The van der Waals surface area contributed by atoms with Gasteiger partial charge >= 0.3 is 5.97 Å². The summed E-state index contributed by atoms with van der Waals surface area (Å²) in [6.07, 6.45) is 6.70. The highest BCUT2D eigenvalue weighted by atomic mass is 16.5. The van der Waals surface area contributed by atoms with Gasteiger partial charge in [0.25, 0.3) is 0 Å². The predicted molar refractivity (Wildman–Crippen MR) is 74.8 cm³/mol. The Bertz CT molecular complexity index is 416. The fraction of sp³-hybridized carbons (Fsp3) is 0.625. The number of carbonyl (C=O) groups excluding carboxylic acids is 1. The second-order valence-electron chi connectivity index (χ2n) is 6.01. The fourth-order valence-electron chi connectivity index (χ4n) is 2.94. The lowest BCUT2D eigenvalue weighted by Gasteiger charge is -2.36. The van der Waals surface area contributed by atoms with Crippen molar-refractivity contribution in [3.8, 4) is 0 Å². The van der Waals surface area contributed by atoms with Gasteiger partial charge in [0.2, 0.25) is 0 Å². The van der Waals surface area contributed by atoms with Gasteiger partial charge in [0.1, 0.15) is 6.10 Å². The average molecular weight is 261 g/mol. The minimum absolute atomic E-state index is 0.0596. The summed E-state index contributed by atoms with van der Waals surface area (Å²) in [6.45, 7) is 6.67. The summed E-state index contributed by atoms with van der Waals surface area (Å²) in [6, 6.07) is 3.41. The lowest BCUT2D eigenvalue weighted by molar-refractivity contribution is -0.0174. The van der Waals surface area contributed by atoms with E-state index in [1.807, 2.05) is 0 Å². The molecule has 0 radical (unpaired) electrons. The van der Waals surface area contributed by atoms with Crippen LogP contribution in [0, 0.1) is 17.8 Å². The van der Waals surface area contributed by atoms with E-state index in [2.05, 4.69) is 25.8 Å². The molecule has 19 heavy (non-hydrogen) atoms. The van der Waals surface area contributed by atoms with Crippen molar-refractivity contribution >= 4 is 5.97 Å². The van der Waals surface area contributed by atoms with E-state index in [1.54, 1.807) is 24.5 Å². The molecule has 104 valence electrons. The van der Waals surface area contributed by atoms with Crippen LogP contribution in [0.1, 0.15) is 50.4 Å². The Hall–Kier alpha value is -1.38. The zero-order valence-corrected chi connectivity index (χ0v) is 12.0. The van der Waals surface area contributed by atoms with Gasteiger partial charge in [-0.05, 0) is 42.7 Å². The van der Waals surface area contributed by atoms with Gasteiger partial charge in [-0.25, -0.2) is 4.79 Å². The molecule has 0 spiro atoms. The summed E-state index contributed by atoms with van der Waals surface area (Å²) in [7, 11) is 0. The molecule has 3 heteroatoms. The third-order valence-electron chi connectivity index (χ3n) is 4.14. The Kier molecular flexibility index (Phi) is 4.56. The van der Waals surface area contributed by atoms with Crippen molar-refractivity contribution in [3.63, 3.8) is 0 Å².